The highest BCUT2D eigenvalue weighted by Gasteiger charge is 2.34. The van der Waals surface area contributed by atoms with Gasteiger partial charge in [0, 0.05) is 5.92 Å². The zero-order valence-electron chi connectivity index (χ0n) is 13.5. The molecule has 2 heterocycles. The summed E-state index contributed by atoms with van der Waals surface area (Å²) in [7, 11) is 0. The minimum atomic E-state index is -0.456. The van der Waals surface area contributed by atoms with Gasteiger partial charge in [-0.15, -0.1) is 0 Å². The number of nitrogens with zero attached hydrogens (tertiary/aromatic N) is 3. The Morgan fingerprint density at radius 3 is 2.76 bits per heavy atom. The van der Waals surface area contributed by atoms with Gasteiger partial charge in [0.15, 0.2) is 5.82 Å². The number of rotatable bonds is 4. The fourth-order valence-electron chi connectivity index (χ4n) is 2.40. The Morgan fingerprint density at radius 2 is 2.19 bits per heavy atom. The van der Waals surface area contributed by atoms with Crippen molar-refractivity contribution in [3.8, 4) is 0 Å². The van der Waals surface area contributed by atoms with E-state index in [4.69, 9.17) is 9.26 Å². The molecule has 0 N–H and O–H groups in total. The molecule has 0 radical (unpaired) electrons. The molecule has 0 bridgehead atoms. The SMILES string of the molecule is CC(C)c1nc(CN2CCC[C@@H]2C(=O)OC(C)(C)C)no1. The van der Waals surface area contributed by atoms with E-state index in [1.54, 1.807) is 0 Å². The standard InChI is InChI=1S/C15H25N3O3/c1-10(2)13-16-12(17-21-13)9-18-8-6-7-11(18)14(19)20-15(3,4)5/h10-11H,6-9H2,1-5H3/t11-/m1/s1. The van der Waals surface area contributed by atoms with Gasteiger partial charge in [-0.2, -0.15) is 4.98 Å². The van der Waals surface area contributed by atoms with Gasteiger partial charge >= 0.3 is 5.97 Å². The minimum Gasteiger partial charge on any atom is -0.459 e. The third-order valence-corrected chi connectivity index (χ3v) is 3.36. The van der Waals surface area contributed by atoms with Crippen LogP contribution in [0.5, 0.6) is 0 Å². The first-order valence-electron chi connectivity index (χ1n) is 7.55. The van der Waals surface area contributed by atoms with Crippen molar-refractivity contribution in [2.24, 2.45) is 0 Å². The van der Waals surface area contributed by atoms with Crippen LogP contribution in [0.1, 0.15) is 65.1 Å². The molecule has 1 aliphatic rings. The van der Waals surface area contributed by atoms with Crippen LogP contribution >= 0.6 is 0 Å². The van der Waals surface area contributed by atoms with Crippen LogP contribution in [0.4, 0.5) is 0 Å². The highest BCUT2D eigenvalue weighted by Crippen LogP contribution is 2.23. The minimum absolute atomic E-state index is 0.160. The first-order chi connectivity index (χ1) is 9.76. The van der Waals surface area contributed by atoms with Gasteiger partial charge in [0.25, 0.3) is 0 Å². The predicted molar refractivity (Wildman–Crippen MR) is 77.7 cm³/mol. The fraction of sp³-hybridized carbons (Fsp3) is 0.800. The summed E-state index contributed by atoms with van der Waals surface area (Å²) in [4.78, 5) is 18.7. The molecule has 1 saturated heterocycles. The van der Waals surface area contributed by atoms with Gasteiger partial charge in [-0.05, 0) is 40.2 Å². The zero-order valence-corrected chi connectivity index (χ0v) is 13.5. The number of hydrogen-bond acceptors (Lipinski definition) is 6. The Morgan fingerprint density at radius 1 is 1.48 bits per heavy atom. The Kier molecular flexibility index (Phi) is 4.66. The van der Waals surface area contributed by atoms with Gasteiger partial charge in [0.2, 0.25) is 5.89 Å². The van der Waals surface area contributed by atoms with Crippen molar-refractivity contribution in [1.82, 2.24) is 15.0 Å². The average molecular weight is 295 g/mol. The molecule has 1 aromatic heterocycles. The Labute approximate surface area is 125 Å². The molecule has 0 saturated carbocycles. The predicted octanol–water partition coefficient (Wildman–Crippen LogP) is 2.50. The number of hydrogen-bond donors (Lipinski definition) is 0. The lowest BCUT2D eigenvalue weighted by atomic mass is 10.1. The summed E-state index contributed by atoms with van der Waals surface area (Å²) in [6, 6.07) is -0.203. The number of likely N-dealkylation sites (tertiary alicyclic amines) is 1. The van der Waals surface area contributed by atoms with E-state index < -0.39 is 5.60 Å². The summed E-state index contributed by atoms with van der Waals surface area (Å²) in [5.74, 6) is 1.33. The number of aromatic nitrogens is 2. The maximum atomic E-state index is 12.2. The third kappa shape index (κ3) is 4.27. The molecule has 118 valence electrons. The molecular formula is C15H25N3O3. The highest BCUT2D eigenvalue weighted by atomic mass is 16.6. The highest BCUT2D eigenvalue weighted by molar-refractivity contribution is 5.76. The number of esters is 1. The van der Waals surface area contributed by atoms with Crippen molar-refractivity contribution in [3.05, 3.63) is 11.7 Å². The molecular weight excluding hydrogens is 270 g/mol. The zero-order chi connectivity index (χ0) is 15.6. The lowest BCUT2D eigenvalue weighted by Crippen LogP contribution is -2.40. The second-order valence-electron chi connectivity index (χ2n) is 6.87. The van der Waals surface area contributed by atoms with Gasteiger partial charge in [0.05, 0.1) is 6.54 Å². The number of carbonyl (C=O) groups is 1. The first-order valence-corrected chi connectivity index (χ1v) is 7.55. The van der Waals surface area contributed by atoms with Crippen molar-refractivity contribution in [1.29, 1.82) is 0 Å². The van der Waals surface area contributed by atoms with Crippen LogP contribution in [0.3, 0.4) is 0 Å². The lowest BCUT2D eigenvalue weighted by Gasteiger charge is -2.26. The van der Waals surface area contributed by atoms with Gasteiger partial charge in [0.1, 0.15) is 11.6 Å². The summed E-state index contributed by atoms with van der Waals surface area (Å²) in [6.07, 6.45) is 1.81. The van der Waals surface area contributed by atoms with Crippen LogP contribution < -0.4 is 0 Å². The van der Waals surface area contributed by atoms with E-state index in [-0.39, 0.29) is 17.9 Å². The summed E-state index contributed by atoms with van der Waals surface area (Å²) < 4.78 is 10.7. The van der Waals surface area contributed by atoms with E-state index in [0.717, 1.165) is 19.4 Å². The van der Waals surface area contributed by atoms with Crippen molar-refractivity contribution >= 4 is 5.97 Å². The maximum absolute atomic E-state index is 12.2. The van der Waals surface area contributed by atoms with Crippen molar-refractivity contribution in [2.75, 3.05) is 6.54 Å². The summed E-state index contributed by atoms with van der Waals surface area (Å²) in [5, 5.41) is 3.99. The molecule has 0 spiro atoms. The summed E-state index contributed by atoms with van der Waals surface area (Å²) in [6.45, 7) is 11.1. The molecule has 1 aliphatic heterocycles. The Bertz CT molecular complexity index is 491. The van der Waals surface area contributed by atoms with E-state index in [0.29, 0.717) is 18.3 Å². The van der Waals surface area contributed by atoms with Crippen molar-refractivity contribution in [2.45, 2.75) is 71.6 Å². The Hall–Kier alpha value is -1.43. The molecule has 6 heteroatoms. The molecule has 1 atom stereocenters. The van der Waals surface area contributed by atoms with Gasteiger partial charge in [-0.3, -0.25) is 9.69 Å². The van der Waals surface area contributed by atoms with E-state index >= 15 is 0 Å². The van der Waals surface area contributed by atoms with Crippen molar-refractivity contribution < 1.29 is 14.1 Å². The molecule has 6 nitrogen and oxygen atoms in total. The maximum Gasteiger partial charge on any atom is 0.323 e. The molecule has 0 aliphatic carbocycles. The van der Waals surface area contributed by atoms with Gasteiger partial charge < -0.3 is 9.26 Å². The van der Waals surface area contributed by atoms with Crippen LogP contribution in [0.2, 0.25) is 0 Å². The van der Waals surface area contributed by atoms with Crippen LogP contribution in [0, 0.1) is 0 Å². The fourth-order valence-corrected chi connectivity index (χ4v) is 2.40. The van der Waals surface area contributed by atoms with Crippen molar-refractivity contribution in [3.63, 3.8) is 0 Å². The normalized spacial score (nSPS) is 20.2. The summed E-state index contributed by atoms with van der Waals surface area (Å²) in [5.41, 5.74) is -0.456. The monoisotopic (exact) mass is 295 g/mol. The quantitative estimate of drug-likeness (QED) is 0.795. The largest absolute Gasteiger partial charge is 0.459 e. The Balaban J connectivity index is 1.99. The van der Waals surface area contributed by atoms with Crippen LogP contribution in [-0.2, 0) is 16.1 Å². The second kappa shape index (κ2) is 6.13. The average Bonchev–Trinajstić information content (AvgIpc) is 2.96. The number of ether oxygens (including phenoxy) is 1. The molecule has 2 rings (SSSR count). The summed E-state index contributed by atoms with van der Waals surface area (Å²) >= 11 is 0. The van der Waals surface area contributed by atoms with Crippen LogP contribution in [-0.4, -0.2) is 39.2 Å². The first kappa shape index (κ1) is 15.9. The third-order valence-electron chi connectivity index (χ3n) is 3.36. The second-order valence-corrected chi connectivity index (χ2v) is 6.87. The van der Waals surface area contributed by atoms with Gasteiger partial charge in [-0.1, -0.05) is 19.0 Å². The van der Waals surface area contributed by atoms with E-state index in [9.17, 15) is 4.79 Å². The van der Waals surface area contributed by atoms with Crippen LogP contribution in [0.25, 0.3) is 0 Å². The molecule has 0 amide bonds. The number of carbonyl (C=O) groups excluding carboxylic acids is 1. The molecule has 0 unspecified atom stereocenters. The molecule has 1 fully saturated rings. The van der Waals surface area contributed by atoms with E-state index in [2.05, 4.69) is 15.0 Å². The lowest BCUT2D eigenvalue weighted by molar-refractivity contribution is -0.160. The smallest absolute Gasteiger partial charge is 0.323 e. The van der Waals surface area contributed by atoms with Crippen LogP contribution in [0.15, 0.2) is 4.52 Å². The molecule has 21 heavy (non-hydrogen) atoms. The van der Waals surface area contributed by atoms with Gasteiger partial charge in [-0.25, -0.2) is 0 Å². The molecule has 0 aromatic carbocycles. The van der Waals surface area contributed by atoms with E-state index in [1.165, 1.54) is 0 Å². The topological polar surface area (TPSA) is 68.5 Å². The molecule has 1 aromatic rings. The van der Waals surface area contributed by atoms with E-state index in [1.807, 2.05) is 34.6 Å².